The minimum atomic E-state index is -3.47. The van der Waals surface area contributed by atoms with E-state index in [0.717, 1.165) is 0 Å². The molecule has 50 valence electrons. The third-order valence-corrected chi connectivity index (χ3v) is 3.46. The van der Waals surface area contributed by atoms with Crippen LogP contribution in [-0.2, 0) is 0 Å². The molecule has 0 saturated heterocycles. The van der Waals surface area contributed by atoms with Crippen molar-refractivity contribution in [2.45, 2.75) is 19.5 Å². The first-order valence-corrected chi connectivity index (χ1v) is 6.07. The Hall–Kier alpha value is -0.0831. The maximum absolute atomic E-state index is 7.46. The summed E-state index contributed by atoms with van der Waals surface area (Å²) in [5.74, 6) is 0. The van der Waals surface area contributed by atoms with E-state index in [2.05, 4.69) is 0 Å². The van der Waals surface area contributed by atoms with Crippen molar-refractivity contribution in [3.63, 3.8) is 0 Å². The van der Waals surface area contributed by atoms with Crippen LogP contribution in [0.1, 0.15) is 8.22 Å². The zero-order valence-electron chi connectivity index (χ0n) is 11.1. The predicted molar refractivity (Wildman–Crippen MR) is 47.3 cm³/mol. The highest BCUT2D eigenvalue weighted by molar-refractivity contribution is 7.10. The predicted octanol–water partition coefficient (Wildman–Crippen LogP) is 2.29. The van der Waals surface area contributed by atoms with Gasteiger partial charge in [-0.15, -0.1) is 0 Å². The Balaban J connectivity index is 3.33. The SMILES string of the molecule is [2H]C([2H])([2H])[Si](C)(c1ccsc1)C([2H])([2H])[2H]. The second kappa shape index (κ2) is 2.27. The maximum atomic E-state index is 7.46. The lowest BCUT2D eigenvalue weighted by Gasteiger charge is -2.12. The molecule has 1 rings (SSSR count). The molecule has 0 aliphatic carbocycles. The molecule has 0 bridgehead atoms. The summed E-state index contributed by atoms with van der Waals surface area (Å²) >= 11 is 1.33. The van der Waals surface area contributed by atoms with E-state index in [-0.39, 0.29) is 0 Å². The quantitative estimate of drug-likeness (QED) is 0.556. The Morgan fingerprint density at radius 1 is 1.67 bits per heavy atom. The van der Waals surface area contributed by atoms with Crippen LogP contribution < -0.4 is 5.19 Å². The van der Waals surface area contributed by atoms with E-state index in [1.54, 1.807) is 16.8 Å². The van der Waals surface area contributed by atoms with Crippen LogP contribution in [0.3, 0.4) is 0 Å². The van der Waals surface area contributed by atoms with Crippen molar-refractivity contribution >= 4 is 24.6 Å². The lowest BCUT2D eigenvalue weighted by atomic mass is 10.7. The molecule has 0 aromatic carbocycles. The third-order valence-electron chi connectivity index (χ3n) is 1.10. The number of thiophene rings is 1. The number of hydrogen-bond donors (Lipinski definition) is 0. The highest BCUT2D eigenvalue weighted by Crippen LogP contribution is 2.04. The van der Waals surface area contributed by atoms with Gasteiger partial charge in [0.15, 0.2) is 0 Å². The van der Waals surface area contributed by atoms with Gasteiger partial charge in [0, 0.05) is 8.22 Å². The number of rotatable bonds is 1. The Labute approximate surface area is 70.0 Å². The molecule has 0 spiro atoms. The van der Waals surface area contributed by atoms with E-state index < -0.39 is 21.0 Å². The Morgan fingerprint density at radius 3 is 2.89 bits per heavy atom. The van der Waals surface area contributed by atoms with Gasteiger partial charge in [0.1, 0.15) is 0 Å². The summed E-state index contributed by atoms with van der Waals surface area (Å²) < 4.78 is 44.7. The van der Waals surface area contributed by atoms with Gasteiger partial charge in [-0.2, -0.15) is 11.3 Å². The first-order valence-electron chi connectivity index (χ1n) is 5.63. The van der Waals surface area contributed by atoms with Crippen molar-refractivity contribution in [2.24, 2.45) is 0 Å². The largest absolute Gasteiger partial charge is 0.153 e. The summed E-state index contributed by atoms with van der Waals surface area (Å²) in [7, 11) is -3.47. The second-order valence-electron chi connectivity index (χ2n) is 2.14. The van der Waals surface area contributed by atoms with Gasteiger partial charge in [0.05, 0.1) is 8.07 Å². The highest BCUT2D eigenvalue weighted by Gasteiger charge is 2.15. The van der Waals surface area contributed by atoms with Crippen molar-refractivity contribution in [2.75, 3.05) is 0 Å². The molecule has 1 heterocycles. The van der Waals surface area contributed by atoms with E-state index in [0.29, 0.717) is 5.19 Å². The van der Waals surface area contributed by atoms with Crippen LogP contribution in [0.25, 0.3) is 0 Å². The Bertz CT molecular complexity index is 310. The van der Waals surface area contributed by atoms with Gasteiger partial charge in [0.25, 0.3) is 0 Å². The van der Waals surface area contributed by atoms with Crippen molar-refractivity contribution < 1.29 is 8.22 Å². The van der Waals surface area contributed by atoms with Crippen LogP contribution in [0.5, 0.6) is 0 Å². The molecule has 0 aliphatic rings. The van der Waals surface area contributed by atoms with Gasteiger partial charge < -0.3 is 0 Å². The van der Waals surface area contributed by atoms with E-state index in [1.165, 1.54) is 17.9 Å². The van der Waals surface area contributed by atoms with Crippen LogP contribution >= 0.6 is 11.3 Å². The summed E-state index contributed by atoms with van der Waals surface area (Å²) in [6.07, 6.45) is 0. The van der Waals surface area contributed by atoms with Crippen molar-refractivity contribution in [3.05, 3.63) is 16.8 Å². The summed E-state index contributed by atoms with van der Waals surface area (Å²) in [6, 6.07) is 1.62. The van der Waals surface area contributed by atoms with E-state index >= 15 is 0 Å². The molecular weight excluding hydrogens is 144 g/mol. The molecule has 1 aromatic rings. The first kappa shape index (κ1) is 2.51. The van der Waals surface area contributed by atoms with Crippen LogP contribution in [0, 0.1) is 0 Å². The molecule has 1 aromatic heterocycles. The van der Waals surface area contributed by atoms with Gasteiger partial charge in [-0.3, -0.25) is 0 Å². The molecule has 2 heteroatoms. The second-order valence-corrected chi connectivity index (χ2v) is 5.74. The zero-order valence-corrected chi connectivity index (χ0v) is 6.96. The molecule has 0 atom stereocenters. The normalized spacial score (nSPS) is 24.6. The van der Waals surface area contributed by atoms with Crippen molar-refractivity contribution in [1.82, 2.24) is 0 Å². The van der Waals surface area contributed by atoms with Gasteiger partial charge in [-0.1, -0.05) is 25.6 Å². The molecule has 0 unspecified atom stereocenters. The van der Waals surface area contributed by atoms with Gasteiger partial charge in [-0.05, 0) is 15.9 Å². The Morgan fingerprint density at radius 2 is 2.44 bits per heavy atom. The molecule has 0 nitrogen and oxygen atoms in total. The van der Waals surface area contributed by atoms with Gasteiger partial charge in [-0.25, -0.2) is 0 Å². The standard InChI is InChI=1S/C7H12SSi/c1-9(2,3)7-4-5-8-6-7/h4-6H,1-3H3/i1D3,2D3. The Kier molecular flexibility index (Phi) is 0.634. The van der Waals surface area contributed by atoms with Crippen LogP contribution in [0.2, 0.25) is 19.5 Å². The third kappa shape index (κ3) is 1.66. The molecule has 9 heavy (non-hydrogen) atoms. The number of hydrogen-bond acceptors (Lipinski definition) is 1. The average Bonchev–Trinajstić information content (AvgIpc) is 2.49. The monoisotopic (exact) mass is 162 g/mol. The summed E-state index contributed by atoms with van der Waals surface area (Å²) in [5.41, 5.74) is 0. The zero-order chi connectivity index (χ0) is 11.9. The van der Waals surface area contributed by atoms with E-state index in [4.69, 9.17) is 8.22 Å². The van der Waals surface area contributed by atoms with Crippen LogP contribution in [0.4, 0.5) is 0 Å². The summed E-state index contributed by atoms with van der Waals surface area (Å²) in [4.78, 5) is 0. The van der Waals surface area contributed by atoms with Crippen molar-refractivity contribution in [3.8, 4) is 0 Å². The summed E-state index contributed by atoms with van der Waals surface area (Å²) in [5, 5.41) is 3.86. The van der Waals surface area contributed by atoms with E-state index in [1.807, 2.05) is 0 Å². The molecule has 0 N–H and O–H groups in total. The average molecular weight is 162 g/mol. The first-order chi connectivity index (χ1) is 6.61. The molecular formula is C7H12SSi. The molecule has 0 aliphatic heterocycles. The fourth-order valence-electron chi connectivity index (χ4n) is 0.549. The minimum absolute atomic E-state index is 0.493. The molecule has 0 fully saturated rings. The fourth-order valence-corrected chi connectivity index (χ4v) is 2.76. The minimum Gasteiger partial charge on any atom is -0.153 e. The molecule has 0 amide bonds. The summed E-state index contributed by atoms with van der Waals surface area (Å²) in [6.45, 7) is -3.40. The van der Waals surface area contributed by atoms with Gasteiger partial charge in [0.2, 0.25) is 0 Å². The molecule has 0 saturated carbocycles. The van der Waals surface area contributed by atoms with Gasteiger partial charge >= 0.3 is 0 Å². The smallest absolute Gasteiger partial charge is 0.0786 e. The molecule has 0 radical (unpaired) electrons. The van der Waals surface area contributed by atoms with Crippen LogP contribution in [-0.4, -0.2) is 8.07 Å². The highest BCUT2D eigenvalue weighted by atomic mass is 32.1. The fraction of sp³-hybridized carbons (Fsp3) is 0.429. The van der Waals surface area contributed by atoms with Crippen molar-refractivity contribution in [1.29, 1.82) is 0 Å². The lowest BCUT2D eigenvalue weighted by Crippen LogP contribution is -2.35. The maximum Gasteiger partial charge on any atom is 0.0786 e. The lowest BCUT2D eigenvalue weighted by molar-refractivity contribution is 1.76. The topological polar surface area (TPSA) is 0 Å². The van der Waals surface area contributed by atoms with E-state index in [9.17, 15) is 0 Å². The van der Waals surface area contributed by atoms with Crippen LogP contribution in [0.15, 0.2) is 16.8 Å².